The van der Waals surface area contributed by atoms with Gasteiger partial charge in [0.25, 0.3) is 0 Å². The number of halogens is 21. The minimum absolute atomic E-state index is 1.41. The smallest absolute Gasteiger partial charge is 0.216 e. The van der Waals surface area contributed by atoms with E-state index in [2.05, 4.69) is 0 Å². The second kappa shape index (κ2) is 7.02. The lowest BCUT2D eigenvalue weighted by Gasteiger charge is -2.45. The van der Waals surface area contributed by atoms with E-state index in [9.17, 15) is 92.2 Å². The lowest BCUT2D eigenvalue weighted by Crippen LogP contribution is -2.78. The summed E-state index contributed by atoms with van der Waals surface area (Å²) in [6, 6.07) is 0. The van der Waals surface area contributed by atoms with E-state index in [1.807, 2.05) is 0 Å². The molecule has 0 atom stereocenters. The Kier molecular flexibility index (Phi) is 6.69. The van der Waals surface area contributed by atoms with E-state index in [1.54, 1.807) is 0 Å². The van der Waals surface area contributed by atoms with E-state index in [4.69, 9.17) is 0 Å². The molecule has 0 N–H and O–H groups in total. The van der Waals surface area contributed by atoms with E-state index in [1.165, 1.54) is 0 Å². The van der Waals surface area contributed by atoms with Gasteiger partial charge in [-0.1, -0.05) is 0 Å². The Morgan fingerprint density at radius 1 is 0.281 bits per heavy atom. The van der Waals surface area contributed by atoms with Gasteiger partial charge in [0.1, 0.15) is 0 Å². The first-order valence-corrected chi connectivity index (χ1v) is 6.72. The van der Waals surface area contributed by atoms with Crippen LogP contribution in [-0.4, -0.2) is 59.5 Å². The van der Waals surface area contributed by atoms with Gasteiger partial charge in [0.05, 0.1) is 0 Å². The fourth-order valence-electron chi connectivity index (χ4n) is 1.80. The van der Waals surface area contributed by atoms with Crippen LogP contribution in [0.1, 0.15) is 6.92 Å². The molecule has 0 aromatic carbocycles. The molecular weight excluding hydrogens is 531 g/mol. The molecule has 194 valence electrons. The molecule has 0 aliphatic rings. The highest BCUT2D eigenvalue weighted by atomic mass is 19.4. The molecule has 32 heavy (non-hydrogen) atoms. The summed E-state index contributed by atoms with van der Waals surface area (Å²) >= 11 is 0. The maximum atomic E-state index is 13.3. The van der Waals surface area contributed by atoms with Crippen molar-refractivity contribution < 1.29 is 92.2 Å². The molecule has 0 aliphatic carbocycles. The topological polar surface area (TPSA) is 0 Å². The average molecular weight is 534 g/mol. The van der Waals surface area contributed by atoms with Crippen LogP contribution in [0.15, 0.2) is 0 Å². The van der Waals surface area contributed by atoms with Crippen LogP contribution in [0.2, 0.25) is 0 Å². The monoisotopic (exact) mass is 534 g/mol. The zero-order valence-corrected chi connectivity index (χ0v) is 13.9. The summed E-state index contributed by atoms with van der Waals surface area (Å²) in [7, 11) is 0. The second-order valence-corrected chi connectivity index (χ2v) is 5.99. The lowest BCUT2D eigenvalue weighted by atomic mass is 9.83. The van der Waals surface area contributed by atoms with Gasteiger partial charge in [0, 0.05) is 6.92 Å². The van der Waals surface area contributed by atoms with Gasteiger partial charge in [-0.25, -0.2) is 4.39 Å². The molecule has 0 heterocycles. The van der Waals surface area contributed by atoms with Gasteiger partial charge >= 0.3 is 59.5 Å². The molecule has 0 saturated heterocycles. The van der Waals surface area contributed by atoms with Crippen molar-refractivity contribution in [3.63, 3.8) is 0 Å². The number of rotatable bonds is 7. The molecule has 0 nitrogen and oxygen atoms in total. The van der Waals surface area contributed by atoms with Crippen molar-refractivity contribution >= 4 is 0 Å². The SMILES string of the molecule is CC(F)(F)C(F)(F)C(F)(F)C(F)(F)C(F)(F)C(F)(F)C(F)(F)C(F)(C(F)(F)F)C(F)(F)F. The predicted molar refractivity (Wildman–Crippen MR) is 56.3 cm³/mol. The highest BCUT2D eigenvalue weighted by molar-refractivity contribution is 5.19. The highest BCUT2D eigenvalue weighted by Crippen LogP contribution is 2.66. The molecular formula is C11H3F21. The molecule has 0 aliphatic heterocycles. The normalized spacial score (nSPS) is 17.1. The summed E-state index contributed by atoms with van der Waals surface area (Å²) in [6.07, 6.45) is -16.8. The highest BCUT2D eigenvalue weighted by Gasteiger charge is 2.99. The first-order chi connectivity index (χ1) is 13.2. The van der Waals surface area contributed by atoms with Gasteiger partial charge < -0.3 is 0 Å². The first-order valence-electron chi connectivity index (χ1n) is 6.72. The third-order valence-corrected chi connectivity index (χ3v) is 3.74. The van der Waals surface area contributed by atoms with Crippen LogP contribution in [-0.2, 0) is 0 Å². The van der Waals surface area contributed by atoms with Gasteiger partial charge in [-0.15, -0.1) is 0 Å². The zero-order chi connectivity index (χ0) is 27.0. The fraction of sp³-hybridized carbons (Fsp3) is 1.00. The van der Waals surface area contributed by atoms with E-state index in [-0.39, 0.29) is 0 Å². The molecule has 0 aromatic rings. The van der Waals surface area contributed by atoms with Crippen LogP contribution in [0.4, 0.5) is 92.2 Å². The molecule has 0 bridgehead atoms. The number of hydrogen-bond donors (Lipinski definition) is 0. The van der Waals surface area contributed by atoms with Crippen molar-refractivity contribution in [2.45, 2.75) is 66.4 Å². The van der Waals surface area contributed by atoms with Crippen molar-refractivity contribution in [1.29, 1.82) is 0 Å². The molecule has 0 spiro atoms. The Morgan fingerprint density at radius 3 is 0.656 bits per heavy atom. The quantitative estimate of drug-likeness (QED) is 0.301. The van der Waals surface area contributed by atoms with Gasteiger partial charge in [0.15, 0.2) is 0 Å². The van der Waals surface area contributed by atoms with Crippen molar-refractivity contribution in [2.24, 2.45) is 0 Å². The minimum atomic E-state index is -9.22. The molecule has 0 radical (unpaired) electrons. The molecule has 0 amide bonds. The summed E-state index contributed by atoms with van der Waals surface area (Å²) in [5, 5.41) is 0. The number of alkyl halides is 21. The number of hydrogen-bond acceptors (Lipinski definition) is 0. The van der Waals surface area contributed by atoms with Crippen molar-refractivity contribution in [3.8, 4) is 0 Å². The zero-order valence-electron chi connectivity index (χ0n) is 13.9. The standard InChI is InChI=1S/C11H3F21/c1-2(12,13)4(15,16)6(19,20)8(23,24)9(25,26)7(21,22)5(17,18)3(14,10(27,28)29)11(30,31)32/h1H3. The van der Waals surface area contributed by atoms with E-state index >= 15 is 0 Å². The van der Waals surface area contributed by atoms with Crippen LogP contribution in [0.25, 0.3) is 0 Å². The first kappa shape index (κ1) is 30.5. The minimum Gasteiger partial charge on any atom is -0.216 e. The second-order valence-electron chi connectivity index (χ2n) is 5.99. The summed E-state index contributed by atoms with van der Waals surface area (Å²) < 4.78 is 269. The van der Waals surface area contributed by atoms with Gasteiger partial charge in [-0.2, -0.15) is 87.8 Å². The fourth-order valence-corrected chi connectivity index (χ4v) is 1.80. The average Bonchev–Trinajstić information content (AvgIpc) is 2.49. The molecule has 21 heteroatoms. The van der Waals surface area contributed by atoms with Crippen LogP contribution in [0.5, 0.6) is 0 Å². The molecule has 0 unspecified atom stereocenters. The maximum absolute atomic E-state index is 13.3. The summed E-state index contributed by atoms with van der Waals surface area (Å²) in [6.45, 7) is -1.41. The largest absolute Gasteiger partial charge is 0.438 e. The molecule has 0 saturated carbocycles. The Balaban J connectivity index is 7.19. The van der Waals surface area contributed by atoms with Crippen LogP contribution in [0, 0.1) is 0 Å². The van der Waals surface area contributed by atoms with Crippen LogP contribution < -0.4 is 0 Å². The summed E-state index contributed by atoms with van der Waals surface area (Å²) in [5.41, 5.74) is -8.86. The van der Waals surface area contributed by atoms with E-state index < -0.39 is 66.4 Å². The molecule has 0 aromatic heterocycles. The predicted octanol–water partition coefficient (Wildman–Crippen LogP) is 7.29. The maximum Gasteiger partial charge on any atom is 0.438 e. The molecule has 0 fully saturated rings. The van der Waals surface area contributed by atoms with Gasteiger partial charge in [-0.3, -0.25) is 0 Å². The summed E-state index contributed by atoms with van der Waals surface area (Å²) in [5.74, 6) is -59.4. The van der Waals surface area contributed by atoms with Crippen molar-refractivity contribution in [3.05, 3.63) is 0 Å². The Morgan fingerprint density at radius 2 is 0.469 bits per heavy atom. The Labute approximate surface area is 160 Å². The lowest BCUT2D eigenvalue weighted by molar-refractivity contribution is -0.476. The van der Waals surface area contributed by atoms with E-state index in [0.29, 0.717) is 0 Å². The van der Waals surface area contributed by atoms with Gasteiger partial charge in [0.2, 0.25) is 0 Å². The Hall–Kier alpha value is -1.47. The van der Waals surface area contributed by atoms with Crippen LogP contribution >= 0.6 is 0 Å². The Bertz CT molecular complexity index is 670. The third kappa shape index (κ3) is 3.42. The van der Waals surface area contributed by atoms with Gasteiger partial charge in [-0.05, 0) is 0 Å². The van der Waals surface area contributed by atoms with Crippen LogP contribution in [0.3, 0.4) is 0 Å². The van der Waals surface area contributed by atoms with Crippen molar-refractivity contribution in [2.75, 3.05) is 0 Å². The van der Waals surface area contributed by atoms with E-state index in [0.717, 1.165) is 0 Å². The van der Waals surface area contributed by atoms with Crippen molar-refractivity contribution in [1.82, 2.24) is 0 Å². The summed E-state index contributed by atoms with van der Waals surface area (Å²) in [4.78, 5) is 0. The molecule has 0 rings (SSSR count). The third-order valence-electron chi connectivity index (χ3n) is 3.74.